The molecule has 0 aromatic carbocycles. The third kappa shape index (κ3) is 0.963. The molecule has 0 aliphatic carbocycles. The Morgan fingerprint density at radius 3 is 2.71 bits per heavy atom. The van der Waals surface area contributed by atoms with Crippen LogP contribution < -0.4 is 11.5 Å². The number of hydrogen-bond donors (Lipinski definition) is 3. The summed E-state index contributed by atoms with van der Waals surface area (Å²) in [6, 6.07) is 0. The Morgan fingerprint density at radius 1 is 1.43 bits per heavy atom. The molecule has 82 valence electrons. The molecule has 2 rings (SSSR count). The van der Waals surface area contributed by atoms with Crippen LogP contribution in [0, 0.1) is 5.92 Å². The van der Waals surface area contributed by atoms with Gasteiger partial charge in [-0.15, -0.1) is 0 Å². The summed E-state index contributed by atoms with van der Waals surface area (Å²) in [6.07, 6.45) is 0.152. The number of rotatable bonds is 2. The summed E-state index contributed by atoms with van der Waals surface area (Å²) >= 11 is 0. The maximum absolute atomic E-state index is 9.82. The fraction of sp³-hybridized carbons (Fsp3) is 1.00. The van der Waals surface area contributed by atoms with E-state index in [2.05, 4.69) is 0 Å². The summed E-state index contributed by atoms with van der Waals surface area (Å²) in [7, 11) is 0. The van der Waals surface area contributed by atoms with Crippen LogP contribution in [-0.2, 0) is 9.47 Å². The van der Waals surface area contributed by atoms with E-state index < -0.39 is 17.4 Å². The summed E-state index contributed by atoms with van der Waals surface area (Å²) in [5.41, 5.74) is 10.0. The molecule has 2 aliphatic heterocycles. The van der Waals surface area contributed by atoms with E-state index in [0.717, 1.165) is 6.42 Å². The van der Waals surface area contributed by atoms with E-state index in [1.54, 1.807) is 0 Å². The number of aliphatic hydroxyl groups is 1. The lowest BCUT2D eigenvalue weighted by Crippen LogP contribution is -2.65. The second-order valence-corrected chi connectivity index (χ2v) is 4.13. The highest BCUT2D eigenvalue weighted by Gasteiger charge is 2.67. The number of fused-ring (bicyclic) bond motifs is 1. The molecule has 5 heteroatoms. The zero-order chi connectivity index (χ0) is 10.4. The van der Waals surface area contributed by atoms with Crippen molar-refractivity contribution in [2.75, 3.05) is 19.8 Å². The van der Waals surface area contributed by atoms with E-state index in [0.29, 0.717) is 6.61 Å². The van der Waals surface area contributed by atoms with Gasteiger partial charge >= 0.3 is 0 Å². The number of hydrogen-bond acceptors (Lipinski definition) is 5. The van der Waals surface area contributed by atoms with Gasteiger partial charge in [0.25, 0.3) is 0 Å². The van der Waals surface area contributed by atoms with Gasteiger partial charge in [-0.2, -0.15) is 0 Å². The van der Waals surface area contributed by atoms with Crippen molar-refractivity contribution in [1.29, 1.82) is 0 Å². The Morgan fingerprint density at radius 2 is 2.14 bits per heavy atom. The quantitative estimate of drug-likeness (QED) is 0.522. The van der Waals surface area contributed by atoms with E-state index in [1.165, 1.54) is 0 Å². The van der Waals surface area contributed by atoms with Crippen LogP contribution >= 0.6 is 0 Å². The fourth-order valence-corrected chi connectivity index (χ4v) is 2.56. The molecule has 0 saturated carbocycles. The first-order chi connectivity index (χ1) is 6.60. The molecule has 0 spiro atoms. The van der Waals surface area contributed by atoms with Gasteiger partial charge in [0.05, 0.1) is 13.2 Å². The van der Waals surface area contributed by atoms with Crippen molar-refractivity contribution in [2.45, 2.75) is 30.8 Å². The average molecular weight is 202 g/mol. The second kappa shape index (κ2) is 3.15. The third-order valence-electron chi connectivity index (χ3n) is 3.62. The zero-order valence-corrected chi connectivity index (χ0v) is 8.40. The van der Waals surface area contributed by atoms with Crippen molar-refractivity contribution in [3.05, 3.63) is 0 Å². The van der Waals surface area contributed by atoms with E-state index >= 15 is 0 Å². The first-order valence-electron chi connectivity index (χ1n) is 5.05. The van der Waals surface area contributed by atoms with Crippen molar-refractivity contribution < 1.29 is 14.6 Å². The van der Waals surface area contributed by atoms with Gasteiger partial charge in [0.15, 0.2) is 11.3 Å². The van der Waals surface area contributed by atoms with Gasteiger partial charge in [0, 0.05) is 12.5 Å². The van der Waals surface area contributed by atoms with Crippen LogP contribution in [0.4, 0.5) is 0 Å². The van der Waals surface area contributed by atoms with Crippen LogP contribution in [0.25, 0.3) is 0 Å². The molecule has 0 aromatic heterocycles. The van der Waals surface area contributed by atoms with Crippen LogP contribution in [0.5, 0.6) is 0 Å². The third-order valence-corrected chi connectivity index (χ3v) is 3.62. The summed E-state index contributed by atoms with van der Waals surface area (Å²) in [4.78, 5) is 0. The largest absolute Gasteiger partial charge is 0.387 e. The van der Waals surface area contributed by atoms with Crippen LogP contribution in [0.15, 0.2) is 0 Å². The summed E-state index contributed by atoms with van der Waals surface area (Å²) in [5, 5.41) is 9.82. The van der Waals surface area contributed by atoms with E-state index in [1.807, 2.05) is 6.92 Å². The molecule has 2 saturated heterocycles. The Balaban J connectivity index is 2.35. The minimum atomic E-state index is -0.907. The first-order valence-corrected chi connectivity index (χ1v) is 5.05. The van der Waals surface area contributed by atoms with Crippen molar-refractivity contribution >= 4 is 0 Å². The fourth-order valence-electron chi connectivity index (χ4n) is 2.56. The molecule has 5 N–H and O–H groups in total. The highest BCUT2D eigenvalue weighted by Crippen LogP contribution is 2.46. The van der Waals surface area contributed by atoms with Crippen molar-refractivity contribution in [3.8, 4) is 0 Å². The highest BCUT2D eigenvalue weighted by atomic mass is 16.6. The molecule has 2 fully saturated rings. The van der Waals surface area contributed by atoms with E-state index in [4.69, 9.17) is 20.9 Å². The van der Waals surface area contributed by atoms with Crippen molar-refractivity contribution in [1.82, 2.24) is 0 Å². The molecule has 14 heavy (non-hydrogen) atoms. The van der Waals surface area contributed by atoms with Crippen LogP contribution in [-0.4, -0.2) is 42.3 Å². The maximum Gasteiger partial charge on any atom is 0.155 e. The minimum absolute atomic E-state index is 0.114. The van der Waals surface area contributed by atoms with Gasteiger partial charge in [-0.3, -0.25) is 0 Å². The van der Waals surface area contributed by atoms with Gasteiger partial charge in [0.1, 0.15) is 6.10 Å². The van der Waals surface area contributed by atoms with E-state index in [-0.39, 0.29) is 19.1 Å². The predicted molar refractivity (Wildman–Crippen MR) is 50.4 cm³/mol. The van der Waals surface area contributed by atoms with Gasteiger partial charge in [-0.25, -0.2) is 0 Å². The van der Waals surface area contributed by atoms with Gasteiger partial charge < -0.3 is 26.0 Å². The van der Waals surface area contributed by atoms with Gasteiger partial charge in [-0.1, -0.05) is 6.92 Å². The lowest BCUT2D eigenvalue weighted by atomic mass is 9.81. The molecular weight excluding hydrogens is 184 g/mol. The molecule has 4 atom stereocenters. The highest BCUT2D eigenvalue weighted by molar-refractivity contribution is 5.15. The number of ether oxygens (including phenoxy) is 2. The second-order valence-electron chi connectivity index (χ2n) is 4.13. The molecule has 0 radical (unpaired) electrons. The molecule has 5 nitrogen and oxygen atoms in total. The lowest BCUT2D eigenvalue weighted by molar-refractivity contribution is -0.110. The number of nitrogens with two attached hydrogens (primary N) is 2. The van der Waals surface area contributed by atoms with Crippen LogP contribution in [0.1, 0.15) is 13.3 Å². The Bertz CT molecular complexity index is 238. The molecule has 2 heterocycles. The standard InChI is InChI=1S/C9H18N2O3/c1-2-6-3-13-8(5-10)7(12)4-14-9(6,8)11/h6-7,12H,2-5,10-11H2,1H3/t6?,7?,8?,9-/m1/s1. The smallest absolute Gasteiger partial charge is 0.155 e. The molecule has 0 bridgehead atoms. The van der Waals surface area contributed by atoms with Crippen molar-refractivity contribution in [2.24, 2.45) is 17.4 Å². The molecular formula is C9H18N2O3. The average Bonchev–Trinajstić information content (AvgIpc) is 2.60. The Kier molecular flexibility index (Phi) is 2.32. The van der Waals surface area contributed by atoms with Crippen LogP contribution in [0.2, 0.25) is 0 Å². The first kappa shape index (κ1) is 10.3. The van der Waals surface area contributed by atoms with Gasteiger partial charge in [0.2, 0.25) is 0 Å². The van der Waals surface area contributed by atoms with Crippen molar-refractivity contribution in [3.63, 3.8) is 0 Å². The monoisotopic (exact) mass is 202 g/mol. The summed E-state index contributed by atoms with van der Waals surface area (Å²) in [6.45, 7) is 2.95. The Hall–Kier alpha value is -0.200. The molecule has 2 aliphatic rings. The lowest BCUT2D eigenvalue weighted by Gasteiger charge is -2.37. The minimum Gasteiger partial charge on any atom is -0.387 e. The van der Waals surface area contributed by atoms with E-state index in [9.17, 15) is 5.11 Å². The molecule has 3 unspecified atom stereocenters. The van der Waals surface area contributed by atoms with Crippen LogP contribution in [0.3, 0.4) is 0 Å². The molecule has 0 amide bonds. The Labute approximate surface area is 83.3 Å². The topological polar surface area (TPSA) is 90.7 Å². The summed E-state index contributed by atoms with van der Waals surface area (Å²) < 4.78 is 11.1. The SMILES string of the molecule is CCC1COC2(CN)C(O)CO[C@]12N. The zero-order valence-electron chi connectivity index (χ0n) is 8.40. The predicted octanol–water partition coefficient (Wildman–Crippen LogP) is -1.21. The van der Waals surface area contributed by atoms with Gasteiger partial charge in [-0.05, 0) is 6.42 Å². The summed E-state index contributed by atoms with van der Waals surface area (Å²) in [5.74, 6) is 0.114. The maximum atomic E-state index is 9.82. The normalized spacial score (nSPS) is 52.3. The molecule has 0 aromatic rings. The number of aliphatic hydroxyl groups excluding tert-OH is 1.